The molecule has 4 rings (SSSR count). The van der Waals surface area contributed by atoms with Gasteiger partial charge in [-0.3, -0.25) is 0 Å². The van der Waals surface area contributed by atoms with Crippen LogP contribution in [0, 0.1) is 0 Å². The monoisotopic (exact) mass is 383 g/mol. The Labute approximate surface area is 160 Å². The summed E-state index contributed by atoms with van der Waals surface area (Å²) in [5, 5.41) is 2.66. The van der Waals surface area contributed by atoms with Gasteiger partial charge in [0.05, 0.1) is 5.01 Å². The Balaban J connectivity index is 1.32. The third kappa shape index (κ3) is 4.08. The van der Waals surface area contributed by atoms with E-state index in [1.54, 1.807) is 17.1 Å². The van der Waals surface area contributed by atoms with Crippen molar-refractivity contribution in [1.82, 2.24) is 4.98 Å². The highest BCUT2D eigenvalue weighted by molar-refractivity contribution is 7.99. The molecular formula is C20H17NO3S2. The molecule has 132 valence electrons. The van der Waals surface area contributed by atoms with E-state index in [1.807, 2.05) is 42.5 Å². The second-order valence-electron chi connectivity index (χ2n) is 5.88. The molecule has 1 aliphatic heterocycles. The van der Waals surface area contributed by atoms with Gasteiger partial charge in [0.1, 0.15) is 18.5 Å². The van der Waals surface area contributed by atoms with E-state index in [-0.39, 0.29) is 12.7 Å². The van der Waals surface area contributed by atoms with Gasteiger partial charge in [-0.15, -0.1) is 23.1 Å². The minimum absolute atomic E-state index is 0.138. The fourth-order valence-electron chi connectivity index (χ4n) is 2.64. The highest BCUT2D eigenvalue weighted by Crippen LogP contribution is 2.34. The van der Waals surface area contributed by atoms with Gasteiger partial charge in [-0.25, -0.2) is 9.78 Å². The average molecular weight is 383 g/mol. The number of hydrogen-bond acceptors (Lipinski definition) is 6. The molecule has 0 fully saturated rings. The molecule has 2 aromatic carbocycles. The third-order valence-electron chi connectivity index (χ3n) is 3.93. The fourth-order valence-corrected chi connectivity index (χ4v) is 4.40. The van der Waals surface area contributed by atoms with E-state index in [9.17, 15) is 4.79 Å². The van der Waals surface area contributed by atoms with Crippen LogP contribution in [0.3, 0.4) is 0 Å². The summed E-state index contributed by atoms with van der Waals surface area (Å²) in [5.41, 5.74) is 1.54. The Morgan fingerprint density at radius 2 is 1.96 bits per heavy atom. The molecule has 1 atom stereocenters. The Morgan fingerprint density at radius 3 is 2.85 bits per heavy atom. The van der Waals surface area contributed by atoms with Crippen molar-refractivity contribution in [1.29, 1.82) is 0 Å². The first-order valence-electron chi connectivity index (χ1n) is 8.32. The van der Waals surface area contributed by atoms with E-state index < -0.39 is 5.97 Å². The van der Waals surface area contributed by atoms with Gasteiger partial charge in [-0.1, -0.05) is 42.5 Å². The van der Waals surface area contributed by atoms with Gasteiger partial charge in [-0.2, -0.15) is 0 Å². The number of carbonyl (C=O) groups is 1. The molecule has 1 aromatic heterocycles. The highest BCUT2D eigenvalue weighted by Gasteiger charge is 2.22. The standard InChI is InChI=1S/C20H17NO3S2/c22-20(16-13-26-19(21-16)10-14-6-2-1-3-7-14)23-11-15-12-25-18-9-5-4-8-17(18)24-15/h1-9,13,15H,10-12H2. The van der Waals surface area contributed by atoms with Crippen LogP contribution in [-0.2, 0) is 11.2 Å². The first kappa shape index (κ1) is 17.1. The topological polar surface area (TPSA) is 48.4 Å². The highest BCUT2D eigenvalue weighted by atomic mass is 32.2. The molecule has 1 aliphatic rings. The Kier molecular flexibility index (Phi) is 5.22. The molecule has 6 heteroatoms. The number of rotatable bonds is 5. The summed E-state index contributed by atoms with van der Waals surface area (Å²) in [6, 6.07) is 18.0. The number of para-hydroxylation sites is 1. The molecule has 0 aliphatic carbocycles. The molecule has 3 aromatic rings. The zero-order chi connectivity index (χ0) is 17.8. The number of nitrogens with zero attached hydrogens (tertiary/aromatic N) is 1. The van der Waals surface area contributed by atoms with E-state index in [4.69, 9.17) is 9.47 Å². The molecule has 2 heterocycles. The van der Waals surface area contributed by atoms with Gasteiger partial charge in [0.25, 0.3) is 0 Å². The first-order chi connectivity index (χ1) is 12.8. The second kappa shape index (κ2) is 7.93. The van der Waals surface area contributed by atoms with E-state index >= 15 is 0 Å². The number of aromatic nitrogens is 1. The number of fused-ring (bicyclic) bond motifs is 1. The SMILES string of the molecule is O=C(OCC1CSc2ccccc2O1)c1csc(Cc2ccccc2)n1. The lowest BCUT2D eigenvalue weighted by molar-refractivity contribution is 0.0333. The molecule has 0 saturated carbocycles. The van der Waals surface area contributed by atoms with Gasteiger partial charge in [0.15, 0.2) is 5.69 Å². The largest absolute Gasteiger partial charge is 0.485 e. The lowest BCUT2D eigenvalue weighted by Gasteiger charge is -2.24. The normalized spacial score (nSPS) is 15.8. The number of esters is 1. The molecule has 0 radical (unpaired) electrons. The van der Waals surface area contributed by atoms with Gasteiger partial charge >= 0.3 is 5.97 Å². The molecule has 1 unspecified atom stereocenters. The Morgan fingerprint density at radius 1 is 1.15 bits per heavy atom. The summed E-state index contributed by atoms with van der Waals surface area (Å²) in [4.78, 5) is 17.8. The first-order valence-corrected chi connectivity index (χ1v) is 10.2. The van der Waals surface area contributed by atoms with Crippen molar-refractivity contribution in [2.45, 2.75) is 17.4 Å². The van der Waals surface area contributed by atoms with Crippen molar-refractivity contribution in [2.75, 3.05) is 12.4 Å². The maximum absolute atomic E-state index is 12.3. The molecule has 0 saturated heterocycles. The van der Waals surface area contributed by atoms with E-state index in [0.29, 0.717) is 5.69 Å². The summed E-state index contributed by atoms with van der Waals surface area (Å²) < 4.78 is 11.3. The minimum atomic E-state index is -0.395. The second-order valence-corrected chi connectivity index (χ2v) is 7.89. The smallest absolute Gasteiger partial charge is 0.357 e. The fraction of sp³-hybridized carbons (Fsp3) is 0.200. The number of thiazole rings is 1. The Hall–Kier alpha value is -2.31. The summed E-state index contributed by atoms with van der Waals surface area (Å²) in [7, 11) is 0. The zero-order valence-corrected chi connectivity index (χ0v) is 15.6. The maximum Gasteiger partial charge on any atom is 0.357 e. The van der Waals surface area contributed by atoms with Gasteiger partial charge in [-0.05, 0) is 17.7 Å². The number of thioether (sulfide) groups is 1. The number of hydrogen-bond donors (Lipinski definition) is 0. The number of carbonyl (C=O) groups excluding carboxylic acids is 1. The number of benzene rings is 2. The summed E-state index contributed by atoms with van der Waals surface area (Å²) in [6.45, 7) is 0.228. The van der Waals surface area contributed by atoms with Crippen molar-refractivity contribution in [2.24, 2.45) is 0 Å². The van der Waals surface area contributed by atoms with Gasteiger partial charge in [0.2, 0.25) is 0 Å². The molecule has 26 heavy (non-hydrogen) atoms. The molecule has 0 amide bonds. The van der Waals surface area contributed by atoms with Crippen LogP contribution in [0.1, 0.15) is 21.1 Å². The summed E-state index contributed by atoms with van der Waals surface area (Å²) >= 11 is 3.20. The minimum Gasteiger partial charge on any atom is -0.485 e. The molecule has 0 N–H and O–H groups in total. The molecule has 0 bridgehead atoms. The summed E-state index contributed by atoms with van der Waals surface area (Å²) in [5.74, 6) is 1.22. The number of ether oxygens (including phenoxy) is 2. The lowest BCUT2D eigenvalue weighted by Crippen LogP contribution is -2.29. The van der Waals surface area contributed by atoms with Gasteiger partial charge < -0.3 is 9.47 Å². The van der Waals surface area contributed by atoms with Crippen LogP contribution < -0.4 is 4.74 Å². The quantitative estimate of drug-likeness (QED) is 0.610. The van der Waals surface area contributed by atoms with E-state index in [2.05, 4.69) is 17.1 Å². The van der Waals surface area contributed by atoms with Crippen LogP contribution in [0.2, 0.25) is 0 Å². The third-order valence-corrected chi connectivity index (χ3v) is 5.96. The van der Waals surface area contributed by atoms with Crippen LogP contribution in [0.15, 0.2) is 64.9 Å². The van der Waals surface area contributed by atoms with Crippen LogP contribution >= 0.6 is 23.1 Å². The van der Waals surface area contributed by atoms with E-state index in [1.165, 1.54) is 16.9 Å². The van der Waals surface area contributed by atoms with E-state index in [0.717, 1.165) is 27.8 Å². The van der Waals surface area contributed by atoms with Crippen molar-refractivity contribution in [3.63, 3.8) is 0 Å². The average Bonchev–Trinajstić information content (AvgIpc) is 3.15. The van der Waals surface area contributed by atoms with Crippen LogP contribution in [0.5, 0.6) is 5.75 Å². The Bertz CT molecular complexity index is 895. The predicted octanol–water partition coefficient (Wildman–Crippen LogP) is 4.44. The van der Waals surface area contributed by atoms with Crippen LogP contribution in [0.25, 0.3) is 0 Å². The molecular weight excluding hydrogens is 366 g/mol. The van der Waals surface area contributed by atoms with Crippen LogP contribution in [-0.4, -0.2) is 29.4 Å². The molecule has 0 spiro atoms. The predicted molar refractivity (Wildman–Crippen MR) is 103 cm³/mol. The van der Waals surface area contributed by atoms with Crippen molar-refractivity contribution in [3.8, 4) is 5.75 Å². The van der Waals surface area contributed by atoms with Gasteiger partial charge in [0, 0.05) is 22.4 Å². The maximum atomic E-state index is 12.3. The van der Waals surface area contributed by atoms with Crippen molar-refractivity contribution < 1.29 is 14.3 Å². The summed E-state index contributed by atoms with van der Waals surface area (Å²) in [6.07, 6.45) is 0.582. The van der Waals surface area contributed by atoms with Crippen molar-refractivity contribution >= 4 is 29.1 Å². The molecule has 4 nitrogen and oxygen atoms in total. The lowest BCUT2D eigenvalue weighted by atomic mass is 10.2. The van der Waals surface area contributed by atoms with Crippen molar-refractivity contribution in [3.05, 3.63) is 76.2 Å². The van der Waals surface area contributed by atoms with Crippen LogP contribution in [0.4, 0.5) is 0 Å². The zero-order valence-electron chi connectivity index (χ0n) is 14.0.